The van der Waals surface area contributed by atoms with E-state index in [-0.39, 0.29) is 0 Å². The molecule has 2 aromatic rings. The zero-order chi connectivity index (χ0) is 13.4. The monoisotopic (exact) mass is 287 g/mol. The van der Waals surface area contributed by atoms with E-state index in [0.717, 1.165) is 29.6 Å². The van der Waals surface area contributed by atoms with Gasteiger partial charge in [0.05, 0.1) is 0 Å². The maximum absolute atomic E-state index is 4.44. The Morgan fingerprint density at radius 3 is 2.65 bits per heavy atom. The summed E-state index contributed by atoms with van der Waals surface area (Å²) in [5, 5.41) is 11.7. The summed E-state index contributed by atoms with van der Waals surface area (Å²) in [6, 6.07) is 4.77. The molecular weight excluding hydrogens is 270 g/mol. The molecule has 0 unspecified atom stereocenters. The summed E-state index contributed by atoms with van der Waals surface area (Å²) < 4.78 is 0. The first-order valence-corrected chi connectivity index (χ1v) is 8.01. The highest BCUT2D eigenvalue weighted by atomic mass is 32.1. The number of rotatable bonds is 2. The molecule has 2 bridgehead atoms. The SMILES string of the molecule is c1csc(-c2ccc(N3CCN4CCC3CC4)nn2)n1. The largest absolute Gasteiger partial charge is 0.351 e. The fourth-order valence-corrected chi connectivity index (χ4v) is 3.73. The molecule has 3 aliphatic heterocycles. The molecule has 0 N–H and O–H groups in total. The van der Waals surface area contributed by atoms with Gasteiger partial charge in [0, 0.05) is 43.8 Å². The van der Waals surface area contributed by atoms with Crippen LogP contribution in [-0.4, -0.2) is 52.3 Å². The van der Waals surface area contributed by atoms with Gasteiger partial charge in [-0.1, -0.05) is 0 Å². The quantitative estimate of drug-likeness (QED) is 0.844. The minimum absolute atomic E-state index is 0.633. The summed E-state index contributed by atoms with van der Waals surface area (Å²) in [6.07, 6.45) is 4.29. The lowest BCUT2D eigenvalue weighted by molar-refractivity contribution is 0.250. The normalized spacial score (nSPS) is 25.7. The van der Waals surface area contributed by atoms with Crippen molar-refractivity contribution < 1.29 is 0 Å². The van der Waals surface area contributed by atoms with Crippen molar-refractivity contribution in [1.29, 1.82) is 0 Å². The van der Waals surface area contributed by atoms with Crippen molar-refractivity contribution in [2.45, 2.75) is 18.9 Å². The van der Waals surface area contributed by atoms with E-state index in [4.69, 9.17) is 0 Å². The van der Waals surface area contributed by atoms with Crippen molar-refractivity contribution in [3.63, 3.8) is 0 Å². The summed E-state index contributed by atoms with van der Waals surface area (Å²) in [7, 11) is 0. The van der Waals surface area contributed by atoms with Gasteiger partial charge in [-0.3, -0.25) is 0 Å². The lowest BCUT2D eigenvalue weighted by atomic mass is 10.1. The second-order valence-corrected chi connectivity index (χ2v) is 6.27. The van der Waals surface area contributed by atoms with E-state index in [9.17, 15) is 0 Å². The van der Waals surface area contributed by atoms with Crippen LogP contribution in [0.25, 0.3) is 10.7 Å². The Morgan fingerprint density at radius 2 is 1.95 bits per heavy atom. The van der Waals surface area contributed by atoms with Crippen LogP contribution < -0.4 is 4.90 Å². The minimum Gasteiger partial charge on any atom is -0.351 e. The Labute approximate surface area is 122 Å². The topological polar surface area (TPSA) is 45.2 Å². The van der Waals surface area contributed by atoms with Crippen LogP contribution in [0.3, 0.4) is 0 Å². The van der Waals surface area contributed by atoms with Crippen molar-refractivity contribution in [2.24, 2.45) is 0 Å². The third-order valence-corrected chi connectivity index (χ3v) is 5.05. The summed E-state index contributed by atoms with van der Waals surface area (Å²) >= 11 is 1.60. The Bertz CT molecular complexity index is 560. The van der Waals surface area contributed by atoms with Gasteiger partial charge < -0.3 is 9.80 Å². The summed E-state index contributed by atoms with van der Waals surface area (Å²) in [6.45, 7) is 4.67. The molecule has 20 heavy (non-hydrogen) atoms. The second kappa shape index (κ2) is 5.10. The van der Waals surface area contributed by atoms with Crippen LogP contribution >= 0.6 is 11.3 Å². The van der Waals surface area contributed by atoms with Crippen LogP contribution in [0.5, 0.6) is 0 Å². The first kappa shape index (κ1) is 12.2. The van der Waals surface area contributed by atoms with E-state index in [0.29, 0.717) is 6.04 Å². The zero-order valence-electron chi connectivity index (χ0n) is 11.3. The van der Waals surface area contributed by atoms with Gasteiger partial charge >= 0.3 is 0 Å². The van der Waals surface area contributed by atoms with Gasteiger partial charge in [-0.15, -0.1) is 21.5 Å². The summed E-state index contributed by atoms with van der Waals surface area (Å²) in [5.41, 5.74) is 0.867. The van der Waals surface area contributed by atoms with Gasteiger partial charge in [0.15, 0.2) is 5.82 Å². The molecule has 5 nitrogen and oxygen atoms in total. The molecule has 6 heteroatoms. The number of anilines is 1. The maximum atomic E-state index is 4.44. The average Bonchev–Trinajstić information content (AvgIpc) is 2.88. The molecular formula is C14H17N5S. The molecule has 0 atom stereocenters. The predicted molar refractivity (Wildman–Crippen MR) is 79.9 cm³/mol. The van der Waals surface area contributed by atoms with Crippen molar-refractivity contribution in [3.8, 4) is 10.7 Å². The fraction of sp³-hybridized carbons (Fsp3) is 0.500. The molecule has 104 valence electrons. The number of thiazole rings is 1. The van der Waals surface area contributed by atoms with Gasteiger partial charge in [-0.2, -0.15) is 0 Å². The first-order chi connectivity index (χ1) is 9.90. The smallest absolute Gasteiger partial charge is 0.151 e. The van der Waals surface area contributed by atoms with Crippen molar-refractivity contribution in [1.82, 2.24) is 20.1 Å². The molecule has 0 saturated carbocycles. The number of nitrogens with zero attached hydrogens (tertiary/aromatic N) is 5. The van der Waals surface area contributed by atoms with Gasteiger partial charge in [-0.25, -0.2) is 4.98 Å². The lowest BCUT2D eigenvalue weighted by Gasteiger charge is -2.31. The highest BCUT2D eigenvalue weighted by Crippen LogP contribution is 2.26. The Balaban J connectivity index is 1.59. The summed E-state index contributed by atoms with van der Waals surface area (Å²) in [5.74, 6) is 1.01. The van der Waals surface area contributed by atoms with Crippen LogP contribution in [0.1, 0.15) is 12.8 Å². The number of hydrogen-bond acceptors (Lipinski definition) is 6. The van der Waals surface area contributed by atoms with Crippen LogP contribution in [0.2, 0.25) is 0 Å². The van der Waals surface area contributed by atoms with Crippen molar-refractivity contribution in [3.05, 3.63) is 23.7 Å². The Morgan fingerprint density at radius 1 is 1.05 bits per heavy atom. The molecule has 2 aromatic heterocycles. The number of piperidine rings is 1. The zero-order valence-corrected chi connectivity index (χ0v) is 12.1. The van der Waals surface area contributed by atoms with Gasteiger partial charge in [0.25, 0.3) is 0 Å². The van der Waals surface area contributed by atoms with E-state index >= 15 is 0 Å². The van der Waals surface area contributed by atoms with Crippen LogP contribution in [-0.2, 0) is 0 Å². The van der Waals surface area contributed by atoms with Crippen LogP contribution in [0.15, 0.2) is 23.7 Å². The number of aromatic nitrogens is 3. The van der Waals surface area contributed by atoms with E-state index in [1.54, 1.807) is 17.5 Å². The van der Waals surface area contributed by atoms with E-state index in [2.05, 4.69) is 31.0 Å². The maximum Gasteiger partial charge on any atom is 0.151 e. The third-order valence-electron chi connectivity index (χ3n) is 4.25. The third kappa shape index (κ3) is 2.19. The van der Waals surface area contributed by atoms with E-state index in [1.807, 2.05) is 11.4 Å². The summed E-state index contributed by atoms with van der Waals surface area (Å²) in [4.78, 5) is 9.26. The molecule has 0 spiro atoms. The Hall–Kier alpha value is -1.53. The number of fused-ring (bicyclic) bond motifs is 4. The van der Waals surface area contributed by atoms with Crippen molar-refractivity contribution >= 4 is 17.2 Å². The predicted octanol–water partition coefficient (Wildman–Crippen LogP) is 1.88. The first-order valence-electron chi connectivity index (χ1n) is 7.13. The Kier molecular flexibility index (Phi) is 3.12. The van der Waals surface area contributed by atoms with Gasteiger partial charge in [0.2, 0.25) is 0 Å². The molecule has 3 saturated heterocycles. The highest BCUT2D eigenvalue weighted by Gasteiger charge is 2.29. The van der Waals surface area contributed by atoms with Crippen LogP contribution in [0.4, 0.5) is 5.82 Å². The van der Waals surface area contributed by atoms with E-state index in [1.165, 1.54) is 25.9 Å². The molecule has 5 rings (SSSR count). The fourth-order valence-electron chi connectivity index (χ4n) is 3.13. The molecule has 3 aliphatic rings. The van der Waals surface area contributed by atoms with Gasteiger partial charge in [0.1, 0.15) is 10.7 Å². The molecule has 0 aliphatic carbocycles. The average molecular weight is 287 g/mol. The number of hydrogen-bond donors (Lipinski definition) is 0. The lowest BCUT2D eigenvalue weighted by Crippen LogP contribution is -2.38. The van der Waals surface area contributed by atoms with E-state index < -0.39 is 0 Å². The molecule has 0 radical (unpaired) electrons. The molecule has 3 fully saturated rings. The van der Waals surface area contributed by atoms with Gasteiger partial charge in [-0.05, 0) is 25.0 Å². The van der Waals surface area contributed by atoms with Crippen LogP contribution in [0, 0.1) is 0 Å². The molecule has 5 heterocycles. The molecule has 0 aromatic carbocycles. The minimum atomic E-state index is 0.633. The van der Waals surface area contributed by atoms with Crippen molar-refractivity contribution in [2.75, 3.05) is 31.1 Å². The highest BCUT2D eigenvalue weighted by molar-refractivity contribution is 7.13. The molecule has 0 amide bonds. The second-order valence-electron chi connectivity index (χ2n) is 5.38. The standard InChI is InChI=1S/C14H17N5S/c1-2-13(17-16-12(1)14-15-5-10-20-14)19-9-8-18-6-3-11(19)4-7-18/h1-2,5,10-11H,3-4,6-9H2.